The largest absolute Gasteiger partial charge is 0.488 e. The van der Waals surface area contributed by atoms with E-state index in [9.17, 15) is 4.79 Å². The number of carbonyl (C=O) groups is 1. The molecule has 2 atom stereocenters. The first-order valence-electron chi connectivity index (χ1n) is 7.71. The van der Waals surface area contributed by atoms with Gasteiger partial charge in [0.15, 0.2) is 0 Å². The van der Waals surface area contributed by atoms with Crippen LogP contribution in [0.5, 0.6) is 5.75 Å². The fourth-order valence-electron chi connectivity index (χ4n) is 2.85. The number of para-hydroxylation sites is 1. The smallest absolute Gasteiger partial charge is 0.224 e. The third-order valence-electron chi connectivity index (χ3n) is 3.92. The van der Waals surface area contributed by atoms with Crippen LogP contribution in [0.3, 0.4) is 0 Å². The molecule has 4 heteroatoms. The van der Waals surface area contributed by atoms with Crippen molar-refractivity contribution >= 4 is 5.91 Å². The fourth-order valence-corrected chi connectivity index (χ4v) is 2.85. The first kappa shape index (κ1) is 14.6. The van der Waals surface area contributed by atoms with Crippen molar-refractivity contribution in [3.8, 4) is 5.75 Å². The number of nitrogens with one attached hydrogen (secondary N) is 1. The van der Waals surface area contributed by atoms with E-state index in [1.807, 2.05) is 42.5 Å². The van der Waals surface area contributed by atoms with Crippen molar-refractivity contribution in [3.63, 3.8) is 0 Å². The quantitative estimate of drug-likeness (QED) is 0.923. The zero-order valence-electron chi connectivity index (χ0n) is 12.4. The number of aromatic nitrogens is 1. The maximum absolute atomic E-state index is 12.2. The molecule has 1 aliphatic carbocycles. The maximum atomic E-state index is 12.2. The van der Waals surface area contributed by atoms with Crippen LogP contribution in [-0.4, -0.2) is 23.0 Å². The monoisotopic (exact) mass is 296 g/mol. The highest BCUT2D eigenvalue weighted by atomic mass is 16.5. The SMILES string of the molecule is O=C(Cc1cccnc1)N[C@@H]1CCC[C@@H]1Oc1ccccc1. The Balaban J connectivity index is 1.55. The molecule has 114 valence electrons. The van der Waals surface area contributed by atoms with Gasteiger partial charge in [-0.3, -0.25) is 9.78 Å². The molecule has 1 fully saturated rings. The summed E-state index contributed by atoms with van der Waals surface area (Å²) >= 11 is 0. The average Bonchev–Trinajstić information content (AvgIpc) is 2.96. The number of benzene rings is 1. The second-order valence-corrected chi connectivity index (χ2v) is 5.61. The van der Waals surface area contributed by atoms with E-state index in [0.29, 0.717) is 6.42 Å². The number of nitrogens with zero attached hydrogens (tertiary/aromatic N) is 1. The molecule has 0 radical (unpaired) electrons. The van der Waals surface area contributed by atoms with Crippen molar-refractivity contribution in [1.29, 1.82) is 0 Å². The Hall–Kier alpha value is -2.36. The second kappa shape index (κ2) is 7.07. The van der Waals surface area contributed by atoms with Crippen LogP contribution in [-0.2, 0) is 11.2 Å². The van der Waals surface area contributed by atoms with E-state index < -0.39 is 0 Å². The van der Waals surface area contributed by atoms with Gasteiger partial charge in [0.2, 0.25) is 5.91 Å². The summed E-state index contributed by atoms with van der Waals surface area (Å²) in [7, 11) is 0. The molecular formula is C18H20N2O2. The molecule has 1 aromatic heterocycles. The van der Waals surface area contributed by atoms with Crippen molar-refractivity contribution in [2.75, 3.05) is 0 Å². The number of pyridine rings is 1. The van der Waals surface area contributed by atoms with Gasteiger partial charge in [-0.1, -0.05) is 24.3 Å². The van der Waals surface area contributed by atoms with Gasteiger partial charge < -0.3 is 10.1 Å². The Morgan fingerprint density at radius 3 is 2.82 bits per heavy atom. The third kappa shape index (κ3) is 3.85. The molecule has 0 bridgehead atoms. The number of hydrogen-bond acceptors (Lipinski definition) is 3. The molecule has 0 unspecified atom stereocenters. The molecule has 0 spiro atoms. The molecule has 22 heavy (non-hydrogen) atoms. The van der Waals surface area contributed by atoms with Crippen LogP contribution in [0.1, 0.15) is 24.8 Å². The minimum absolute atomic E-state index is 0.0292. The molecule has 0 aliphatic heterocycles. The van der Waals surface area contributed by atoms with E-state index in [1.54, 1.807) is 12.4 Å². The number of amides is 1. The van der Waals surface area contributed by atoms with E-state index in [-0.39, 0.29) is 18.1 Å². The number of carbonyl (C=O) groups excluding carboxylic acids is 1. The number of ether oxygens (including phenoxy) is 1. The van der Waals surface area contributed by atoms with Crippen molar-refractivity contribution in [2.45, 2.75) is 37.8 Å². The molecule has 1 saturated carbocycles. The first-order chi connectivity index (χ1) is 10.8. The molecule has 3 rings (SSSR count). The van der Waals surface area contributed by atoms with Crippen LogP contribution in [0.15, 0.2) is 54.9 Å². The molecular weight excluding hydrogens is 276 g/mol. The second-order valence-electron chi connectivity index (χ2n) is 5.61. The zero-order chi connectivity index (χ0) is 15.2. The minimum Gasteiger partial charge on any atom is -0.488 e. The zero-order valence-corrected chi connectivity index (χ0v) is 12.4. The van der Waals surface area contributed by atoms with Gasteiger partial charge in [0.25, 0.3) is 0 Å². The van der Waals surface area contributed by atoms with Gasteiger partial charge in [0.1, 0.15) is 11.9 Å². The van der Waals surface area contributed by atoms with Crippen LogP contribution >= 0.6 is 0 Å². The van der Waals surface area contributed by atoms with Gasteiger partial charge in [-0.2, -0.15) is 0 Å². The van der Waals surface area contributed by atoms with Crippen LogP contribution in [0.4, 0.5) is 0 Å². The molecule has 1 amide bonds. The predicted octanol–water partition coefficient (Wildman–Crippen LogP) is 2.74. The van der Waals surface area contributed by atoms with E-state index in [2.05, 4.69) is 10.3 Å². The summed E-state index contributed by atoms with van der Waals surface area (Å²) in [6.07, 6.45) is 6.88. The Bertz CT molecular complexity index is 601. The normalized spacial score (nSPS) is 20.5. The van der Waals surface area contributed by atoms with Crippen LogP contribution < -0.4 is 10.1 Å². The summed E-state index contributed by atoms with van der Waals surface area (Å²) in [5.41, 5.74) is 0.929. The Morgan fingerprint density at radius 2 is 2.05 bits per heavy atom. The Labute approximate surface area is 130 Å². The highest BCUT2D eigenvalue weighted by molar-refractivity contribution is 5.78. The number of hydrogen-bond donors (Lipinski definition) is 1. The molecule has 1 aliphatic rings. The van der Waals surface area contributed by atoms with E-state index in [4.69, 9.17) is 4.74 Å². The van der Waals surface area contributed by atoms with Crippen molar-refractivity contribution < 1.29 is 9.53 Å². The molecule has 4 nitrogen and oxygen atoms in total. The van der Waals surface area contributed by atoms with Crippen molar-refractivity contribution in [1.82, 2.24) is 10.3 Å². The van der Waals surface area contributed by atoms with E-state index in [1.165, 1.54) is 0 Å². The van der Waals surface area contributed by atoms with Gasteiger partial charge in [-0.15, -0.1) is 0 Å². The summed E-state index contributed by atoms with van der Waals surface area (Å²) in [5, 5.41) is 3.11. The topological polar surface area (TPSA) is 51.2 Å². The van der Waals surface area contributed by atoms with Crippen molar-refractivity contribution in [3.05, 3.63) is 60.4 Å². The lowest BCUT2D eigenvalue weighted by Crippen LogP contribution is -2.43. The maximum Gasteiger partial charge on any atom is 0.224 e. The van der Waals surface area contributed by atoms with E-state index in [0.717, 1.165) is 30.6 Å². The average molecular weight is 296 g/mol. The van der Waals surface area contributed by atoms with Gasteiger partial charge in [0.05, 0.1) is 12.5 Å². The van der Waals surface area contributed by atoms with Crippen LogP contribution in [0.2, 0.25) is 0 Å². The van der Waals surface area contributed by atoms with E-state index >= 15 is 0 Å². The molecule has 1 N–H and O–H groups in total. The lowest BCUT2D eigenvalue weighted by molar-refractivity contribution is -0.121. The molecule has 1 heterocycles. The van der Waals surface area contributed by atoms with Crippen molar-refractivity contribution in [2.24, 2.45) is 0 Å². The lowest BCUT2D eigenvalue weighted by atomic mass is 10.1. The highest BCUT2D eigenvalue weighted by Gasteiger charge is 2.30. The minimum atomic E-state index is 0.0292. The number of rotatable bonds is 5. The van der Waals surface area contributed by atoms with Gasteiger partial charge in [-0.05, 0) is 43.0 Å². The third-order valence-corrected chi connectivity index (χ3v) is 3.92. The molecule has 1 aromatic carbocycles. The highest BCUT2D eigenvalue weighted by Crippen LogP contribution is 2.24. The first-order valence-corrected chi connectivity index (χ1v) is 7.71. The summed E-state index contributed by atoms with van der Waals surface area (Å²) in [5.74, 6) is 0.891. The lowest BCUT2D eigenvalue weighted by Gasteiger charge is -2.22. The van der Waals surface area contributed by atoms with Gasteiger partial charge >= 0.3 is 0 Å². The van der Waals surface area contributed by atoms with Crippen LogP contribution in [0.25, 0.3) is 0 Å². The Kier molecular flexibility index (Phi) is 4.68. The summed E-state index contributed by atoms with van der Waals surface area (Å²) in [4.78, 5) is 16.2. The summed E-state index contributed by atoms with van der Waals surface area (Å²) in [6.45, 7) is 0. The van der Waals surface area contributed by atoms with Crippen LogP contribution in [0, 0.1) is 0 Å². The van der Waals surface area contributed by atoms with Gasteiger partial charge in [0, 0.05) is 12.4 Å². The molecule has 2 aromatic rings. The summed E-state index contributed by atoms with van der Waals surface area (Å²) in [6, 6.07) is 13.6. The summed E-state index contributed by atoms with van der Waals surface area (Å²) < 4.78 is 6.01. The standard InChI is InChI=1S/C18H20N2O2/c21-18(12-14-6-5-11-19-13-14)20-16-9-4-10-17(16)22-15-7-2-1-3-8-15/h1-3,5-8,11,13,16-17H,4,9-10,12H2,(H,20,21)/t16-,17+/m1/s1. The predicted molar refractivity (Wildman–Crippen MR) is 84.6 cm³/mol. The Morgan fingerprint density at radius 1 is 1.18 bits per heavy atom. The molecule has 0 saturated heterocycles. The van der Waals surface area contributed by atoms with Gasteiger partial charge in [-0.25, -0.2) is 0 Å². The fraction of sp³-hybridized carbons (Fsp3) is 0.333.